The number of aromatic nitrogens is 1. The Morgan fingerprint density at radius 2 is 1.68 bits per heavy atom. The fourth-order valence-electron chi connectivity index (χ4n) is 4.90. The standard InChI is InChI=1S/C34H48N4O5S/c1-9-10-15-30(39)38(31(23(2)3)33(40)35-21-20-34(6,7)8)22-26-16-18-27(19-17-26)28-13-11-12-14-29(28)44(41,42)37-32-24(4)25(5)43-36-32/h11-14,16-19,23,31H,9-10,15,20-22H2,1-8H3,(H,35,40)(H,36,37)/t31-/m0/s1. The van der Waals surface area contributed by atoms with Crippen LogP contribution >= 0.6 is 0 Å². The maximum atomic E-state index is 13.5. The molecule has 1 atom stereocenters. The molecule has 0 radical (unpaired) electrons. The van der Waals surface area contributed by atoms with E-state index in [1.165, 1.54) is 0 Å². The van der Waals surface area contributed by atoms with Crippen molar-refractivity contribution < 1.29 is 22.5 Å². The van der Waals surface area contributed by atoms with Crippen molar-refractivity contribution in [1.82, 2.24) is 15.4 Å². The molecule has 0 aliphatic heterocycles. The maximum absolute atomic E-state index is 13.5. The molecule has 0 saturated heterocycles. The summed E-state index contributed by atoms with van der Waals surface area (Å²) < 4.78 is 34.4. The van der Waals surface area contributed by atoms with Crippen LogP contribution in [0.2, 0.25) is 0 Å². The van der Waals surface area contributed by atoms with E-state index in [2.05, 4.69) is 36.0 Å². The van der Waals surface area contributed by atoms with Gasteiger partial charge in [-0.1, -0.05) is 95.6 Å². The van der Waals surface area contributed by atoms with Gasteiger partial charge in [0.15, 0.2) is 5.82 Å². The Bertz CT molecular complexity index is 1520. The SMILES string of the molecule is CCCCC(=O)N(Cc1ccc(-c2ccccc2S(=O)(=O)Nc2noc(C)c2C)cc1)[C@H](C(=O)NCCC(C)(C)C)C(C)C. The first-order valence-electron chi connectivity index (χ1n) is 15.4. The summed E-state index contributed by atoms with van der Waals surface area (Å²) in [5, 5.41) is 6.91. The second kappa shape index (κ2) is 14.9. The van der Waals surface area contributed by atoms with E-state index in [0.717, 1.165) is 24.8 Å². The lowest BCUT2D eigenvalue weighted by atomic mass is 9.92. The van der Waals surface area contributed by atoms with Gasteiger partial charge in [-0.25, -0.2) is 8.42 Å². The van der Waals surface area contributed by atoms with Crippen molar-refractivity contribution in [3.8, 4) is 11.1 Å². The predicted octanol–water partition coefficient (Wildman–Crippen LogP) is 6.86. The molecule has 10 heteroatoms. The Balaban J connectivity index is 1.88. The number of carbonyl (C=O) groups is 2. The van der Waals surface area contributed by atoms with Crippen molar-refractivity contribution in [2.75, 3.05) is 11.3 Å². The minimum absolute atomic E-state index is 0.0542. The number of nitrogens with one attached hydrogen (secondary N) is 2. The topological polar surface area (TPSA) is 122 Å². The third-order valence-corrected chi connectivity index (χ3v) is 9.05. The molecule has 0 aliphatic rings. The molecular weight excluding hydrogens is 576 g/mol. The second-order valence-electron chi connectivity index (χ2n) is 12.9. The quantitative estimate of drug-likeness (QED) is 0.202. The van der Waals surface area contributed by atoms with Gasteiger partial charge in [0, 0.05) is 30.6 Å². The summed E-state index contributed by atoms with van der Waals surface area (Å²) >= 11 is 0. The zero-order valence-corrected chi connectivity index (χ0v) is 28.2. The van der Waals surface area contributed by atoms with Crippen LogP contribution in [0.1, 0.15) is 84.1 Å². The van der Waals surface area contributed by atoms with Crippen LogP contribution in [0.15, 0.2) is 57.9 Å². The first kappa shape index (κ1) is 34.8. The minimum atomic E-state index is -3.97. The van der Waals surface area contributed by atoms with Gasteiger partial charge in [0.25, 0.3) is 10.0 Å². The molecule has 9 nitrogen and oxygen atoms in total. The van der Waals surface area contributed by atoms with E-state index in [1.54, 1.807) is 43.0 Å². The normalized spacial score (nSPS) is 12.7. The number of hydrogen-bond donors (Lipinski definition) is 2. The Morgan fingerprint density at radius 1 is 1.02 bits per heavy atom. The predicted molar refractivity (Wildman–Crippen MR) is 174 cm³/mol. The average molecular weight is 625 g/mol. The van der Waals surface area contributed by atoms with Gasteiger partial charge < -0.3 is 14.7 Å². The summed E-state index contributed by atoms with van der Waals surface area (Å²) in [7, 11) is -3.97. The second-order valence-corrected chi connectivity index (χ2v) is 14.6. The van der Waals surface area contributed by atoms with Crippen molar-refractivity contribution in [2.45, 2.75) is 98.6 Å². The van der Waals surface area contributed by atoms with E-state index in [9.17, 15) is 18.0 Å². The fraction of sp³-hybridized carbons (Fsp3) is 0.500. The number of aryl methyl sites for hydroxylation is 1. The summed E-state index contributed by atoms with van der Waals surface area (Å²) in [6.07, 6.45) is 2.83. The molecule has 2 amide bonds. The molecule has 3 aromatic rings. The highest BCUT2D eigenvalue weighted by molar-refractivity contribution is 7.92. The van der Waals surface area contributed by atoms with Crippen molar-refractivity contribution >= 4 is 27.7 Å². The number of nitrogens with zero attached hydrogens (tertiary/aromatic N) is 2. The molecule has 0 aliphatic carbocycles. The lowest BCUT2D eigenvalue weighted by molar-refractivity contribution is -0.143. The Hall–Kier alpha value is -3.66. The fourth-order valence-corrected chi connectivity index (χ4v) is 6.19. The van der Waals surface area contributed by atoms with Crippen LogP contribution in [0.4, 0.5) is 5.82 Å². The number of carbonyl (C=O) groups excluding carboxylic acids is 2. The maximum Gasteiger partial charge on any atom is 0.263 e. The molecule has 1 heterocycles. The highest BCUT2D eigenvalue weighted by atomic mass is 32.2. The van der Waals surface area contributed by atoms with Crippen molar-refractivity contribution in [2.24, 2.45) is 11.3 Å². The van der Waals surface area contributed by atoms with E-state index >= 15 is 0 Å². The van der Waals surface area contributed by atoms with Crippen LogP contribution in [-0.4, -0.2) is 42.9 Å². The number of hydrogen-bond acceptors (Lipinski definition) is 6. The molecule has 2 aromatic carbocycles. The summed E-state index contributed by atoms with van der Waals surface area (Å²) in [4.78, 5) is 28.7. The summed E-state index contributed by atoms with van der Waals surface area (Å²) in [5.74, 6) is 0.408. The first-order chi connectivity index (χ1) is 20.6. The number of anilines is 1. The van der Waals surface area contributed by atoms with Crippen LogP contribution < -0.4 is 10.0 Å². The zero-order chi connectivity index (χ0) is 32.7. The van der Waals surface area contributed by atoms with Crippen LogP contribution in [0.3, 0.4) is 0 Å². The van der Waals surface area contributed by atoms with Crippen LogP contribution in [0.25, 0.3) is 11.1 Å². The van der Waals surface area contributed by atoms with Crippen molar-refractivity contribution in [1.29, 1.82) is 0 Å². The molecule has 1 aromatic heterocycles. The van der Waals surface area contributed by atoms with E-state index in [1.807, 2.05) is 45.0 Å². The Morgan fingerprint density at radius 3 is 2.25 bits per heavy atom. The van der Waals surface area contributed by atoms with Gasteiger partial charge in [0.05, 0.1) is 4.90 Å². The van der Waals surface area contributed by atoms with E-state index in [4.69, 9.17) is 4.52 Å². The van der Waals surface area contributed by atoms with Gasteiger partial charge in [-0.15, -0.1) is 0 Å². The third-order valence-electron chi connectivity index (χ3n) is 7.66. The lowest BCUT2D eigenvalue weighted by Gasteiger charge is -2.34. The molecule has 0 bridgehead atoms. The van der Waals surface area contributed by atoms with Gasteiger partial charge in [-0.05, 0) is 55.2 Å². The van der Waals surface area contributed by atoms with Crippen LogP contribution in [0.5, 0.6) is 0 Å². The largest absolute Gasteiger partial charge is 0.359 e. The molecule has 0 spiro atoms. The summed E-state index contributed by atoms with van der Waals surface area (Å²) in [6, 6.07) is 13.6. The van der Waals surface area contributed by atoms with E-state index in [-0.39, 0.29) is 40.4 Å². The van der Waals surface area contributed by atoms with Gasteiger partial charge >= 0.3 is 0 Å². The van der Waals surface area contributed by atoms with Gasteiger partial charge in [-0.3, -0.25) is 14.3 Å². The number of sulfonamides is 1. The zero-order valence-electron chi connectivity index (χ0n) is 27.4. The highest BCUT2D eigenvalue weighted by Gasteiger charge is 2.32. The molecule has 240 valence electrons. The summed E-state index contributed by atoms with van der Waals surface area (Å²) in [5.41, 5.74) is 2.78. The number of benzene rings is 2. The minimum Gasteiger partial charge on any atom is -0.359 e. The third kappa shape index (κ3) is 9.17. The molecule has 0 fully saturated rings. The molecule has 0 saturated carbocycles. The van der Waals surface area contributed by atoms with Crippen LogP contribution in [0, 0.1) is 25.2 Å². The molecule has 44 heavy (non-hydrogen) atoms. The van der Waals surface area contributed by atoms with Crippen molar-refractivity contribution in [3.05, 3.63) is 65.4 Å². The smallest absolute Gasteiger partial charge is 0.263 e. The van der Waals surface area contributed by atoms with Gasteiger partial charge in [0.2, 0.25) is 11.8 Å². The average Bonchev–Trinajstić information content (AvgIpc) is 3.26. The summed E-state index contributed by atoms with van der Waals surface area (Å²) in [6.45, 7) is 16.6. The number of unbranched alkanes of at least 4 members (excludes halogenated alkanes) is 1. The first-order valence-corrected chi connectivity index (χ1v) is 16.8. The molecule has 0 unspecified atom stereocenters. The van der Waals surface area contributed by atoms with Gasteiger partial charge in [0.1, 0.15) is 11.8 Å². The Kier molecular flexibility index (Phi) is 11.8. The number of amides is 2. The highest BCUT2D eigenvalue weighted by Crippen LogP contribution is 2.30. The van der Waals surface area contributed by atoms with Crippen LogP contribution in [-0.2, 0) is 26.2 Å². The molecule has 2 N–H and O–H groups in total. The Labute approximate surface area is 262 Å². The number of rotatable bonds is 14. The monoisotopic (exact) mass is 624 g/mol. The van der Waals surface area contributed by atoms with E-state index in [0.29, 0.717) is 35.4 Å². The van der Waals surface area contributed by atoms with Crippen molar-refractivity contribution in [3.63, 3.8) is 0 Å². The van der Waals surface area contributed by atoms with Gasteiger partial charge in [-0.2, -0.15) is 0 Å². The molecule has 3 rings (SSSR count). The molecular formula is C34H48N4O5S. The van der Waals surface area contributed by atoms with E-state index < -0.39 is 16.1 Å². The lowest BCUT2D eigenvalue weighted by Crippen LogP contribution is -2.52.